The third-order valence-electron chi connectivity index (χ3n) is 2.78. The number of carbonyl (C=O) groups is 2. The summed E-state index contributed by atoms with van der Waals surface area (Å²) in [4.78, 5) is 24.9. The van der Waals surface area contributed by atoms with Crippen LogP contribution in [-0.4, -0.2) is 18.2 Å². The zero-order chi connectivity index (χ0) is 13.4. The number of amides is 1. The van der Waals surface area contributed by atoms with E-state index >= 15 is 0 Å². The van der Waals surface area contributed by atoms with E-state index in [0.29, 0.717) is 18.7 Å². The van der Waals surface area contributed by atoms with Crippen molar-refractivity contribution in [3.63, 3.8) is 0 Å². The van der Waals surface area contributed by atoms with Gasteiger partial charge in [-0.3, -0.25) is 9.59 Å². The summed E-state index contributed by atoms with van der Waals surface area (Å²) in [6, 6.07) is 2.56. The van der Waals surface area contributed by atoms with Crippen molar-refractivity contribution in [3.8, 4) is 0 Å². The Hall–Kier alpha value is -1.49. The van der Waals surface area contributed by atoms with Gasteiger partial charge in [-0.05, 0) is 41.4 Å². The van der Waals surface area contributed by atoms with Gasteiger partial charge in [-0.2, -0.15) is 0 Å². The van der Waals surface area contributed by atoms with Crippen molar-refractivity contribution < 1.29 is 14.0 Å². The first kappa shape index (κ1) is 13.0. The fourth-order valence-electron chi connectivity index (χ4n) is 1.81. The minimum absolute atomic E-state index is 0.184. The van der Waals surface area contributed by atoms with Crippen molar-refractivity contribution in [1.29, 1.82) is 0 Å². The second-order valence-corrected chi connectivity index (χ2v) is 5.13. The van der Waals surface area contributed by atoms with E-state index < -0.39 is 17.5 Å². The topological polar surface area (TPSA) is 37.4 Å². The molecule has 5 heteroatoms. The fraction of sp³-hybridized carbons (Fsp3) is 0.231. The molecular weight excluding hydrogens is 301 g/mol. The van der Waals surface area contributed by atoms with E-state index in [1.54, 1.807) is 0 Å². The van der Waals surface area contributed by atoms with Gasteiger partial charge in [0.2, 0.25) is 0 Å². The van der Waals surface area contributed by atoms with Crippen molar-refractivity contribution in [2.45, 2.75) is 13.3 Å². The highest BCUT2D eigenvalue weighted by atomic mass is 79.9. The summed E-state index contributed by atoms with van der Waals surface area (Å²) in [7, 11) is 0. The monoisotopic (exact) mass is 311 g/mol. The first-order valence-corrected chi connectivity index (χ1v) is 6.20. The second kappa shape index (κ2) is 4.65. The number of carbonyl (C=O) groups excluding carboxylic acids is 2. The van der Waals surface area contributed by atoms with Crippen molar-refractivity contribution in [3.05, 3.63) is 40.1 Å². The summed E-state index contributed by atoms with van der Waals surface area (Å²) in [6.07, 6.45) is 0.580. The molecule has 18 heavy (non-hydrogen) atoms. The Morgan fingerprint density at radius 1 is 1.44 bits per heavy atom. The van der Waals surface area contributed by atoms with Crippen molar-refractivity contribution in [2.24, 2.45) is 0 Å². The molecule has 0 unspecified atom stereocenters. The zero-order valence-corrected chi connectivity index (χ0v) is 11.4. The van der Waals surface area contributed by atoms with Gasteiger partial charge < -0.3 is 4.90 Å². The first-order valence-electron chi connectivity index (χ1n) is 5.41. The summed E-state index contributed by atoms with van der Waals surface area (Å²) >= 11 is 3.01. The molecule has 0 aliphatic carbocycles. The van der Waals surface area contributed by atoms with Crippen LogP contribution in [0.15, 0.2) is 28.8 Å². The Balaban J connectivity index is 2.41. The van der Waals surface area contributed by atoms with Crippen LogP contribution in [0.25, 0.3) is 0 Å². The number of ketones is 1. The number of rotatable bonds is 3. The SMILES string of the molecule is C=C(C)CCN1C(=O)C(=O)c2cc(Br)c(F)cc21. The van der Waals surface area contributed by atoms with Gasteiger partial charge >= 0.3 is 0 Å². The number of halogens is 2. The van der Waals surface area contributed by atoms with Crippen LogP contribution in [0.4, 0.5) is 10.1 Å². The average Bonchev–Trinajstić information content (AvgIpc) is 2.51. The van der Waals surface area contributed by atoms with Gasteiger partial charge in [-0.1, -0.05) is 5.57 Å². The van der Waals surface area contributed by atoms with Gasteiger partial charge in [0.1, 0.15) is 5.82 Å². The smallest absolute Gasteiger partial charge is 0.299 e. The van der Waals surface area contributed by atoms with Crippen LogP contribution in [0, 0.1) is 5.82 Å². The quantitative estimate of drug-likeness (QED) is 0.635. The minimum atomic E-state index is -0.608. The maximum Gasteiger partial charge on any atom is 0.299 e. The van der Waals surface area contributed by atoms with E-state index in [4.69, 9.17) is 0 Å². The molecule has 1 aliphatic rings. The highest BCUT2D eigenvalue weighted by Gasteiger charge is 2.36. The Bertz CT molecular complexity index is 568. The van der Waals surface area contributed by atoms with E-state index in [1.165, 1.54) is 17.0 Å². The summed E-state index contributed by atoms with van der Waals surface area (Å²) in [5, 5.41) is 0. The van der Waals surface area contributed by atoms with Crippen LogP contribution in [0.3, 0.4) is 0 Å². The Morgan fingerprint density at radius 2 is 2.11 bits per heavy atom. The maximum absolute atomic E-state index is 13.5. The third kappa shape index (κ3) is 2.10. The molecule has 0 saturated heterocycles. The van der Waals surface area contributed by atoms with Gasteiger partial charge in [0.25, 0.3) is 11.7 Å². The summed E-state index contributed by atoms with van der Waals surface area (Å²) in [5.74, 6) is -1.69. The highest BCUT2D eigenvalue weighted by molar-refractivity contribution is 9.10. The molecule has 0 atom stereocenters. The number of hydrogen-bond acceptors (Lipinski definition) is 2. The molecule has 3 nitrogen and oxygen atoms in total. The van der Waals surface area contributed by atoms with E-state index in [9.17, 15) is 14.0 Å². The standard InChI is InChI=1S/C13H11BrFNO2/c1-7(2)3-4-16-11-6-10(15)9(14)5-8(11)12(17)13(16)18/h5-6H,1,3-4H2,2H3. The lowest BCUT2D eigenvalue weighted by Gasteiger charge is -2.16. The second-order valence-electron chi connectivity index (χ2n) is 4.28. The molecule has 0 spiro atoms. The molecule has 94 valence electrons. The zero-order valence-electron chi connectivity index (χ0n) is 9.80. The number of fused-ring (bicyclic) bond motifs is 1. The number of hydrogen-bond donors (Lipinski definition) is 0. The number of nitrogens with zero attached hydrogens (tertiary/aromatic N) is 1. The molecule has 0 N–H and O–H groups in total. The molecule has 0 saturated carbocycles. The number of benzene rings is 1. The maximum atomic E-state index is 13.5. The summed E-state index contributed by atoms with van der Waals surface area (Å²) < 4.78 is 13.7. The van der Waals surface area contributed by atoms with E-state index in [-0.39, 0.29) is 10.0 Å². The molecule has 0 fully saturated rings. The largest absolute Gasteiger partial charge is 0.304 e. The lowest BCUT2D eigenvalue weighted by atomic mass is 10.1. The molecule has 1 aliphatic heterocycles. The Morgan fingerprint density at radius 3 is 2.72 bits per heavy atom. The fourth-order valence-corrected chi connectivity index (χ4v) is 2.16. The molecule has 1 aromatic carbocycles. The van der Waals surface area contributed by atoms with Crippen molar-refractivity contribution >= 4 is 33.3 Å². The molecule has 0 aromatic heterocycles. The van der Waals surface area contributed by atoms with Crippen molar-refractivity contribution in [1.82, 2.24) is 0 Å². The summed E-state index contributed by atoms with van der Waals surface area (Å²) in [5.41, 5.74) is 1.49. The van der Waals surface area contributed by atoms with Crippen LogP contribution in [0.2, 0.25) is 0 Å². The van der Waals surface area contributed by atoms with Gasteiger partial charge in [0.15, 0.2) is 0 Å². The average molecular weight is 312 g/mol. The summed E-state index contributed by atoms with van der Waals surface area (Å²) in [6.45, 7) is 5.92. The lowest BCUT2D eigenvalue weighted by Crippen LogP contribution is -2.30. The first-order chi connectivity index (χ1) is 8.41. The molecule has 0 radical (unpaired) electrons. The van der Waals surface area contributed by atoms with E-state index in [2.05, 4.69) is 22.5 Å². The van der Waals surface area contributed by atoms with Crippen LogP contribution in [0.1, 0.15) is 23.7 Å². The van der Waals surface area contributed by atoms with E-state index in [0.717, 1.165) is 5.57 Å². The predicted molar refractivity (Wildman–Crippen MR) is 70.2 cm³/mol. The lowest BCUT2D eigenvalue weighted by molar-refractivity contribution is -0.114. The van der Waals surface area contributed by atoms with E-state index in [1.807, 2.05) is 6.92 Å². The molecule has 2 rings (SSSR count). The van der Waals surface area contributed by atoms with Crippen LogP contribution in [-0.2, 0) is 4.79 Å². The van der Waals surface area contributed by atoms with Crippen molar-refractivity contribution in [2.75, 3.05) is 11.4 Å². The normalized spacial score (nSPS) is 14.1. The molecule has 1 amide bonds. The van der Waals surface area contributed by atoms with Gasteiger partial charge in [0, 0.05) is 6.54 Å². The van der Waals surface area contributed by atoms with Gasteiger partial charge in [-0.15, -0.1) is 6.58 Å². The number of Topliss-reactive ketones (excluding diaryl/α,β-unsaturated/α-hetero) is 1. The predicted octanol–water partition coefficient (Wildman–Crippen LogP) is 3.08. The van der Waals surface area contributed by atoms with Gasteiger partial charge in [0.05, 0.1) is 15.7 Å². The molecule has 1 heterocycles. The van der Waals surface area contributed by atoms with Crippen LogP contribution >= 0.6 is 15.9 Å². The Labute approximate surface area is 112 Å². The van der Waals surface area contributed by atoms with Crippen LogP contribution < -0.4 is 4.90 Å². The molecular formula is C13H11BrFNO2. The van der Waals surface area contributed by atoms with Crippen LogP contribution in [0.5, 0.6) is 0 Å². The third-order valence-corrected chi connectivity index (χ3v) is 3.38. The minimum Gasteiger partial charge on any atom is -0.304 e. The number of anilines is 1. The highest BCUT2D eigenvalue weighted by Crippen LogP contribution is 2.33. The molecule has 1 aromatic rings. The Kier molecular flexibility index (Phi) is 3.34. The molecule has 0 bridgehead atoms. The van der Waals surface area contributed by atoms with Gasteiger partial charge in [-0.25, -0.2) is 4.39 Å².